The highest BCUT2D eigenvalue weighted by atomic mass is 16.2. The SMILES string of the molecule is CN(C)C(=O)N1CCC(N(C)CC2CCNCC2)CC1. The van der Waals surface area contributed by atoms with Gasteiger partial charge in [-0.05, 0) is 51.7 Å². The molecule has 5 heteroatoms. The second-order valence-electron chi connectivity index (χ2n) is 6.53. The normalized spacial score (nSPS) is 22.3. The molecular formula is C15H30N4O. The van der Waals surface area contributed by atoms with Crippen molar-refractivity contribution in [2.75, 3.05) is 53.9 Å². The summed E-state index contributed by atoms with van der Waals surface area (Å²) >= 11 is 0. The molecule has 1 N–H and O–H groups in total. The van der Waals surface area contributed by atoms with Gasteiger partial charge in [0, 0.05) is 39.8 Å². The van der Waals surface area contributed by atoms with Crippen LogP contribution < -0.4 is 5.32 Å². The third-order valence-corrected chi connectivity index (χ3v) is 4.75. The van der Waals surface area contributed by atoms with Crippen LogP contribution in [0.5, 0.6) is 0 Å². The number of nitrogens with one attached hydrogen (secondary N) is 1. The first kappa shape index (κ1) is 15.6. The lowest BCUT2D eigenvalue weighted by atomic mass is 9.95. The Morgan fingerprint density at radius 1 is 1.10 bits per heavy atom. The molecule has 20 heavy (non-hydrogen) atoms. The lowest BCUT2D eigenvalue weighted by molar-refractivity contribution is 0.108. The van der Waals surface area contributed by atoms with E-state index in [-0.39, 0.29) is 6.03 Å². The van der Waals surface area contributed by atoms with Crippen LogP contribution in [0.25, 0.3) is 0 Å². The zero-order valence-corrected chi connectivity index (χ0v) is 13.3. The van der Waals surface area contributed by atoms with E-state index in [0.29, 0.717) is 6.04 Å². The molecular weight excluding hydrogens is 252 g/mol. The van der Waals surface area contributed by atoms with Crippen molar-refractivity contribution in [3.63, 3.8) is 0 Å². The van der Waals surface area contributed by atoms with Crippen molar-refractivity contribution >= 4 is 6.03 Å². The maximum absolute atomic E-state index is 11.9. The molecule has 2 fully saturated rings. The average molecular weight is 282 g/mol. The predicted octanol–water partition coefficient (Wildman–Crippen LogP) is 1.06. The molecule has 0 aromatic heterocycles. The summed E-state index contributed by atoms with van der Waals surface area (Å²) in [5, 5.41) is 3.43. The smallest absolute Gasteiger partial charge is 0.319 e. The number of piperidine rings is 2. The van der Waals surface area contributed by atoms with Crippen molar-refractivity contribution in [3.8, 4) is 0 Å². The molecule has 2 rings (SSSR count). The molecule has 0 aromatic carbocycles. The van der Waals surface area contributed by atoms with E-state index in [0.717, 1.165) is 31.8 Å². The third-order valence-electron chi connectivity index (χ3n) is 4.75. The number of amides is 2. The molecule has 2 amide bonds. The number of hydrogen-bond donors (Lipinski definition) is 1. The van der Waals surface area contributed by atoms with Gasteiger partial charge in [-0.3, -0.25) is 0 Å². The number of carbonyl (C=O) groups is 1. The van der Waals surface area contributed by atoms with Crippen LogP contribution in [-0.4, -0.2) is 80.6 Å². The maximum atomic E-state index is 11.9. The number of urea groups is 1. The highest BCUT2D eigenvalue weighted by Crippen LogP contribution is 2.20. The second-order valence-corrected chi connectivity index (χ2v) is 6.53. The highest BCUT2D eigenvalue weighted by Gasteiger charge is 2.27. The molecule has 0 bridgehead atoms. The zero-order valence-electron chi connectivity index (χ0n) is 13.3. The molecule has 2 saturated heterocycles. The quantitative estimate of drug-likeness (QED) is 0.841. The van der Waals surface area contributed by atoms with Gasteiger partial charge in [-0.15, -0.1) is 0 Å². The van der Waals surface area contributed by atoms with E-state index in [9.17, 15) is 4.79 Å². The van der Waals surface area contributed by atoms with Gasteiger partial charge in [-0.1, -0.05) is 0 Å². The fourth-order valence-corrected chi connectivity index (χ4v) is 3.40. The van der Waals surface area contributed by atoms with Crippen LogP contribution in [0.2, 0.25) is 0 Å². The summed E-state index contributed by atoms with van der Waals surface area (Å²) in [6, 6.07) is 0.806. The van der Waals surface area contributed by atoms with Gasteiger partial charge in [0.25, 0.3) is 0 Å². The first-order chi connectivity index (χ1) is 9.58. The van der Waals surface area contributed by atoms with Gasteiger partial charge in [0.15, 0.2) is 0 Å². The standard InChI is InChI=1S/C15H30N4O/c1-17(2)15(20)19-10-6-14(7-11-19)18(3)12-13-4-8-16-9-5-13/h13-14,16H,4-12H2,1-3H3. The molecule has 0 saturated carbocycles. The van der Waals surface area contributed by atoms with Gasteiger partial charge in [0.05, 0.1) is 0 Å². The van der Waals surface area contributed by atoms with Gasteiger partial charge in [0.2, 0.25) is 0 Å². The van der Waals surface area contributed by atoms with Gasteiger partial charge in [-0.25, -0.2) is 4.79 Å². The van der Waals surface area contributed by atoms with E-state index >= 15 is 0 Å². The Morgan fingerprint density at radius 3 is 2.25 bits per heavy atom. The van der Waals surface area contributed by atoms with Crippen molar-refractivity contribution < 1.29 is 4.79 Å². The van der Waals surface area contributed by atoms with Crippen LogP contribution in [0.15, 0.2) is 0 Å². The maximum Gasteiger partial charge on any atom is 0.319 e. The number of rotatable bonds is 3. The first-order valence-corrected chi connectivity index (χ1v) is 7.95. The average Bonchev–Trinajstić information content (AvgIpc) is 2.47. The largest absolute Gasteiger partial charge is 0.331 e. The van der Waals surface area contributed by atoms with Crippen LogP contribution in [0.1, 0.15) is 25.7 Å². The third kappa shape index (κ3) is 4.09. The predicted molar refractivity (Wildman–Crippen MR) is 81.9 cm³/mol. The van der Waals surface area contributed by atoms with Crippen LogP contribution in [0.3, 0.4) is 0 Å². The minimum Gasteiger partial charge on any atom is -0.331 e. The van der Waals surface area contributed by atoms with E-state index in [1.165, 1.54) is 32.5 Å². The summed E-state index contributed by atoms with van der Waals surface area (Å²) < 4.78 is 0. The van der Waals surface area contributed by atoms with Crippen LogP contribution in [-0.2, 0) is 0 Å². The van der Waals surface area contributed by atoms with Gasteiger partial charge in [-0.2, -0.15) is 0 Å². The minimum absolute atomic E-state index is 0.157. The van der Waals surface area contributed by atoms with Crippen molar-refractivity contribution in [3.05, 3.63) is 0 Å². The van der Waals surface area contributed by atoms with Gasteiger partial charge in [0.1, 0.15) is 0 Å². The molecule has 2 aliphatic heterocycles. The van der Waals surface area contributed by atoms with E-state index in [1.54, 1.807) is 4.90 Å². The summed E-state index contributed by atoms with van der Waals surface area (Å²) in [5.74, 6) is 0.850. The lowest BCUT2D eigenvalue weighted by Crippen LogP contribution is -2.49. The molecule has 2 aliphatic rings. The molecule has 0 radical (unpaired) electrons. The summed E-state index contributed by atoms with van der Waals surface area (Å²) in [6.45, 7) is 5.37. The summed E-state index contributed by atoms with van der Waals surface area (Å²) in [4.78, 5) is 18.1. The van der Waals surface area contributed by atoms with Crippen molar-refractivity contribution in [2.24, 2.45) is 5.92 Å². The van der Waals surface area contributed by atoms with Gasteiger partial charge < -0.3 is 20.0 Å². The topological polar surface area (TPSA) is 38.8 Å². The fraction of sp³-hybridized carbons (Fsp3) is 0.933. The second kappa shape index (κ2) is 7.27. The monoisotopic (exact) mass is 282 g/mol. The van der Waals surface area contributed by atoms with E-state index in [1.807, 2.05) is 19.0 Å². The lowest BCUT2D eigenvalue weighted by Gasteiger charge is -2.39. The van der Waals surface area contributed by atoms with E-state index in [2.05, 4.69) is 17.3 Å². The molecule has 0 aliphatic carbocycles. The Hall–Kier alpha value is -0.810. The Balaban J connectivity index is 1.73. The highest BCUT2D eigenvalue weighted by molar-refractivity contribution is 5.73. The minimum atomic E-state index is 0.157. The zero-order chi connectivity index (χ0) is 14.5. The summed E-state index contributed by atoms with van der Waals surface area (Å²) in [6.07, 6.45) is 4.84. The number of nitrogens with zero attached hydrogens (tertiary/aromatic N) is 3. The Bertz CT molecular complexity index is 307. The van der Waals surface area contributed by atoms with E-state index in [4.69, 9.17) is 0 Å². The van der Waals surface area contributed by atoms with Crippen LogP contribution >= 0.6 is 0 Å². The molecule has 116 valence electrons. The van der Waals surface area contributed by atoms with Crippen molar-refractivity contribution in [2.45, 2.75) is 31.7 Å². The van der Waals surface area contributed by atoms with Crippen molar-refractivity contribution in [1.29, 1.82) is 0 Å². The summed E-state index contributed by atoms with van der Waals surface area (Å²) in [7, 11) is 5.92. The number of carbonyl (C=O) groups excluding carboxylic acids is 1. The van der Waals surface area contributed by atoms with Crippen LogP contribution in [0, 0.1) is 5.92 Å². The molecule has 2 heterocycles. The number of hydrogen-bond acceptors (Lipinski definition) is 3. The molecule has 0 atom stereocenters. The Labute approximate surface area is 123 Å². The molecule has 5 nitrogen and oxygen atoms in total. The number of likely N-dealkylation sites (tertiary alicyclic amines) is 1. The fourth-order valence-electron chi connectivity index (χ4n) is 3.40. The summed E-state index contributed by atoms with van der Waals surface area (Å²) in [5.41, 5.74) is 0. The van der Waals surface area contributed by atoms with Crippen molar-refractivity contribution in [1.82, 2.24) is 20.0 Å². The molecule has 0 unspecified atom stereocenters. The van der Waals surface area contributed by atoms with Gasteiger partial charge >= 0.3 is 6.03 Å². The van der Waals surface area contributed by atoms with E-state index < -0.39 is 0 Å². The Kier molecular flexibility index (Phi) is 5.66. The molecule has 0 aromatic rings. The molecule has 0 spiro atoms. The first-order valence-electron chi connectivity index (χ1n) is 7.95. The Morgan fingerprint density at radius 2 is 1.70 bits per heavy atom. The van der Waals surface area contributed by atoms with Crippen LogP contribution in [0.4, 0.5) is 4.79 Å².